The molecular weight excluding hydrogens is 176 g/mol. The molecule has 14 heavy (non-hydrogen) atoms. The molecule has 1 aromatic heterocycles. The van der Waals surface area contributed by atoms with Gasteiger partial charge in [-0.3, -0.25) is 0 Å². The molecule has 2 N–H and O–H groups in total. The summed E-state index contributed by atoms with van der Waals surface area (Å²) in [6.07, 6.45) is 0. The Kier molecular flexibility index (Phi) is 4.49. The summed E-state index contributed by atoms with van der Waals surface area (Å²) in [5.74, 6) is 0. The molecule has 4 heteroatoms. The van der Waals surface area contributed by atoms with Crippen molar-refractivity contribution in [3.8, 4) is 0 Å². The average Bonchev–Trinajstić information content (AvgIpc) is 2.18. The predicted octanol–water partition coefficient (Wildman–Crippen LogP) is 0.402. The lowest BCUT2D eigenvalue weighted by Crippen LogP contribution is -2.24. The van der Waals surface area contributed by atoms with Crippen LogP contribution in [0.4, 0.5) is 0 Å². The molecule has 0 aliphatic heterocycles. The molecule has 0 radical (unpaired) electrons. The molecule has 0 spiro atoms. The van der Waals surface area contributed by atoms with Crippen LogP contribution in [0.2, 0.25) is 0 Å². The van der Waals surface area contributed by atoms with Gasteiger partial charge in [0, 0.05) is 19.6 Å². The number of nitrogens with zero attached hydrogens (tertiary/aromatic N) is 2. The van der Waals surface area contributed by atoms with Crippen LogP contribution < -0.4 is 10.6 Å². The van der Waals surface area contributed by atoms with Crippen LogP contribution in [-0.2, 0) is 6.54 Å². The molecule has 0 saturated heterocycles. The van der Waals surface area contributed by atoms with Crippen molar-refractivity contribution in [2.45, 2.75) is 20.4 Å². The van der Waals surface area contributed by atoms with E-state index in [9.17, 15) is 0 Å². The minimum absolute atomic E-state index is 0.865. The second-order valence-electron chi connectivity index (χ2n) is 3.38. The maximum atomic E-state index is 4.07. The second-order valence-corrected chi connectivity index (χ2v) is 3.38. The normalized spacial score (nSPS) is 10.5. The van der Waals surface area contributed by atoms with Gasteiger partial charge in [-0.2, -0.15) is 10.2 Å². The van der Waals surface area contributed by atoms with Gasteiger partial charge in [-0.1, -0.05) is 0 Å². The molecule has 0 amide bonds. The van der Waals surface area contributed by atoms with Gasteiger partial charge in [0.05, 0.1) is 11.4 Å². The Morgan fingerprint density at radius 2 is 2.00 bits per heavy atom. The van der Waals surface area contributed by atoms with Crippen molar-refractivity contribution >= 4 is 0 Å². The van der Waals surface area contributed by atoms with E-state index in [-0.39, 0.29) is 0 Å². The zero-order chi connectivity index (χ0) is 10.4. The fraction of sp³-hybridized carbons (Fsp3) is 0.600. The standard InChI is InChI=1S/C10H18N4/c1-8-6-10(9(2)14-13-8)7-12-5-4-11-3/h6,11-12H,4-5,7H2,1-3H3. The third kappa shape index (κ3) is 3.40. The van der Waals surface area contributed by atoms with E-state index in [0.29, 0.717) is 0 Å². The zero-order valence-corrected chi connectivity index (χ0v) is 9.09. The van der Waals surface area contributed by atoms with Gasteiger partial charge >= 0.3 is 0 Å². The SMILES string of the molecule is CNCCNCc1cc(C)nnc1C. The van der Waals surface area contributed by atoms with Gasteiger partial charge in [-0.05, 0) is 32.5 Å². The van der Waals surface area contributed by atoms with Gasteiger partial charge in [0.15, 0.2) is 0 Å². The van der Waals surface area contributed by atoms with Crippen LogP contribution >= 0.6 is 0 Å². The summed E-state index contributed by atoms with van der Waals surface area (Å²) in [5.41, 5.74) is 3.21. The summed E-state index contributed by atoms with van der Waals surface area (Å²) in [7, 11) is 1.95. The van der Waals surface area contributed by atoms with Crippen LogP contribution in [0, 0.1) is 13.8 Å². The first-order valence-corrected chi connectivity index (χ1v) is 4.89. The van der Waals surface area contributed by atoms with E-state index in [1.807, 2.05) is 20.9 Å². The van der Waals surface area contributed by atoms with Gasteiger partial charge in [0.25, 0.3) is 0 Å². The average molecular weight is 194 g/mol. The van der Waals surface area contributed by atoms with Crippen molar-refractivity contribution in [2.75, 3.05) is 20.1 Å². The molecule has 0 bridgehead atoms. The molecule has 0 aromatic carbocycles. The first-order valence-electron chi connectivity index (χ1n) is 4.89. The Morgan fingerprint density at radius 1 is 1.21 bits per heavy atom. The Hall–Kier alpha value is -1.00. The Bertz CT molecular complexity index is 285. The number of hydrogen-bond donors (Lipinski definition) is 2. The van der Waals surface area contributed by atoms with Crippen LogP contribution in [0.1, 0.15) is 17.0 Å². The van der Waals surface area contributed by atoms with Crippen LogP contribution in [0.3, 0.4) is 0 Å². The molecule has 0 fully saturated rings. The van der Waals surface area contributed by atoms with E-state index in [2.05, 4.69) is 26.9 Å². The summed E-state index contributed by atoms with van der Waals surface area (Å²) < 4.78 is 0. The van der Waals surface area contributed by atoms with Gasteiger partial charge in [0.2, 0.25) is 0 Å². The molecule has 0 aliphatic carbocycles. The maximum Gasteiger partial charge on any atom is 0.0645 e. The third-order valence-corrected chi connectivity index (χ3v) is 2.07. The Balaban J connectivity index is 2.45. The van der Waals surface area contributed by atoms with Crippen molar-refractivity contribution in [1.29, 1.82) is 0 Å². The molecule has 1 aromatic rings. The van der Waals surface area contributed by atoms with Gasteiger partial charge < -0.3 is 10.6 Å². The second kappa shape index (κ2) is 5.67. The highest BCUT2D eigenvalue weighted by atomic mass is 15.1. The van der Waals surface area contributed by atoms with E-state index in [1.54, 1.807) is 0 Å². The van der Waals surface area contributed by atoms with Crippen molar-refractivity contribution in [3.05, 3.63) is 23.0 Å². The van der Waals surface area contributed by atoms with E-state index in [4.69, 9.17) is 0 Å². The highest BCUT2D eigenvalue weighted by Crippen LogP contribution is 2.04. The first-order chi connectivity index (χ1) is 6.74. The van der Waals surface area contributed by atoms with E-state index in [0.717, 1.165) is 31.0 Å². The highest BCUT2D eigenvalue weighted by molar-refractivity contribution is 5.19. The van der Waals surface area contributed by atoms with Gasteiger partial charge in [-0.25, -0.2) is 0 Å². The summed E-state index contributed by atoms with van der Waals surface area (Å²) in [4.78, 5) is 0. The maximum absolute atomic E-state index is 4.07. The first kappa shape index (κ1) is 11.1. The van der Waals surface area contributed by atoms with Crippen molar-refractivity contribution in [2.24, 2.45) is 0 Å². The summed E-state index contributed by atoms with van der Waals surface area (Å²) in [6.45, 7) is 6.77. The van der Waals surface area contributed by atoms with E-state index >= 15 is 0 Å². The molecule has 0 saturated carbocycles. The fourth-order valence-electron chi connectivity index (χ4n) is 1.22. The summed E-state index contributed by atoms with van der Waals surface area (Å²) in [5, 5.41) is 14.5. The minimum atomic E-state index is 0.865. The van der Waals surface area contributed by atoms with Crippen molar-refractivity contribution < 1.29 is 0 Å². The smallest absolute Gasteiger partial charge is 0.0645 e. The molecule has 1 heterocycles. The number of aromatic nitrogens is 2. The molecule has 0 aliphatic rings. The lowest BCUT2D eigenvalue weighted by Gasteiger charge is -2.06. The Labute approximate surface area is 85.1 Å². The number of rotatable bonds is 5. The summed E-state index contributed by atoms with van der Waals surface area (Å²) in [6, 6.07) is 2.08. The lowest BCUT2D eigenvalue weighted by molar-refractivity contribution is 0.645. The number of hydrogen-bond acceptors (Lipinski definition) is 4. The number of aryl methyl sites for hydroxylation is 2. The van der Waals surface area contributed by atoms with Crippen molar-refractivity contribution in [1.82, 2.24) is 20.8 Å². The monoisotopic (exact) mass is 194 g/mol. The quantitative estimate of drug-likeness (QED) is 0.666. The van der Waals surface area contributed by atoms with Crippen LogP contribution in [-0.4, -0.2) is 30.3 Å². The third-order valence-electron chi connectivity index (χ3n) is 2.07. The van der Waals surface area contributed by atoms with Crippen LogP contribution in [0.5, 0.6) is 0 Å². The largest absolute Gasteiger partial charge is 0.318 e. The number of likely N-dealkylation sites (N-methyl/N-ethyl adjacent to an activating group) is 1. The zero-order valence-electron chi connectivity index (χ0n) is 9.09. The van der Waals surface area contributed by atoms with E-state index < -0.39 is 0 Å². The molecule has 0 atom stereocenters. The highest BCUT2D eigenvalue weighted by Gasteiger charge is 1.99. The molecule has 0 unspecified atom stereocenters. The predicted molar refractivity (Wildman–Crippen MR) is 57.1 cm³/mol. The minimum Gasteiger partial charge on any atom is -0.318 e. The van der Waals surface area contributed by atoms with Gasteiger partial charge in [0.1, 0.15) is 0 Å². The molecule has 1 rings (SSSR count). The lowest BCUT2D eigenvalue weighted by atomic mass is 10.2. The van der Waals surface area contributed by atoms with Crippen LogP contribution in [0.15, 0.2) is 6.07 Å². The van der Waals surface area contributed by atoms with E-state index in [1.165, 1.54) is 5.56 Å². The van der Waals surface area contributed by atoms with Crippen molar-refractivity contribution in [3.63, 3.8) is 0 Å². The molecule has 4 nitrogen and oxygen atoms in total. The van der Waals surface area contributed by atoms with Gasteiger partial charge in [-0.15, -0.1) is 0 Å². The Morgan fingerprint density at radius 3 is 2.71 bits per heavy atom. The van der Waals surface area contributed by atoms with Crippen LogP contribution in [0.25, 0.3) is 0 Å². The molecule has 78 valence electrons. The topological polar surface area (TPSA) is 49.8 Å². The molecular formula is C10H18N4. The fourth-order valence-corrected chi connectivity index (χ4v) is 1.22. The summed E-state index contributed by atoms with van der Waals surface area (Å²) >= 11 is 0. The number of nitrogens with one attached hydrogen (secondary N) is 2.